The molecule has 0 bridgehead atoms. The molecule has 0 amide bonds. The fraction of sp³-hybridized carbons (Fsp3) is 0.607. The smallest absolute Gasteiger partial charge is 0.289 e. The van der Waals surface area contributed by atoms with E-state index in [9.17, 15) is 0 Å². The average molecular weight is 546 g/mol. The van der Waals surface area contributed by atoms with Crippen LogP contribution in [0.2, 0.25) is 10.0 Å². The second-order valence-corrected chi connectivity index (χ2v) is 11.1. The molecule has 2 aromatic rings. The molecule has 198 valence electrons. The van der Waals surface area contributed by atoms with E-state index in [0.717, 1.165) is 101 Å². The predicted octanol–water partition coefficient (Wildman–Crippen LogP) is 6.77. The van der Waals surface area contributed by atoms with Crippen molar-refractivity contribution in [3.63, 3.8) is 0 Å². The van der Waals surface area contributed by atoms with Crippen molar-refractivity contribution in [2.24, 2.45) is 11.8 Å². The third kappa shape index (κ3) is 7.48. The Morgan fingerprint density at radius 2 is 1.81 bits per heavy atom. The van der Waals surface area contributed by atoms with Crippen LogP contribution in [0.4, 0.5) is 11.6 Å². The van der Waals surface area contributed by atoms with E-state index in [2.05, 4.69) is 26.5 Å². The summed E-state index contributed by atoms with van der Waals surface area (Å²) in [6.45, 7) is 4.15. The molecular weight excluding hydrogens is 509 g/mol. The lowest BCUT2D eigenvalue weighted by Crippen LogP contribution is -2.26. The minimum Gasteiger partial charge on any atom is -0.381 e. The largest absolute Gasteiger partial charge is 0.381 e. The molecule has 4 heterocycles. The number of halogens is 2. The summed E-state index contributed by atoms with van der Waals surface area (Å²) in [5.74, 6) is 2.60. The normalized spacial score (nSPS) is 24.3. The van der Waals surface area contributed by atoms with Crippen LogP contribution in [0.25, 0.3) is 16.1 Å². The lowest BCUT2D eigenvalue weighted by atomic mass is 9.87. The minimum atomic E-state index is 0.294. The van der Waals surface area contributed by atoms with Gasteiger partial charge in [-0.15, -0.1) is 0 Å². The topological polar surface area (TPSA) is 72.7 Å². The molecule has 37 heavy (non-hydrogen) atoms. The molecule has 1 unspecified atom stereocenters. The molecule has 7 nitrogen and oxygen atoms in total. The molecule has 1 atom stereocenters. The lowest BCUT2D eigenvalue weighted by molar-refractivity contribution is 0.0699. The van der Waals surface area contributed by atoms with Crippen molar-refractivity contribution < 1.29 is 9.47 Å². The zero-order chi connectivity index (χ0) is 25.5. The second-order valence-electron chi connectivity index (χ2n) is 10.3. The molecule has 2 saturated heterocycles. The minimum absolute atomic E-state index is 0.294. The van der Waals surface area contributed by atoms with Gasteiger partial charge in [-0.05, 0) is 75.5 Å². The van der Waals surface area contributed by atoms with Crippen molar-refractivity contribution in [2.75, 3.05) is 43.5 Å². The van der Waals surface area contributed by atoms with Crippen LogP contribution in [0.1, 0.15) is 51.4 Å². The number of nitrogens with zero attached hydrogens (tertiary/aromatic N) is 3. The van der Waals surface area contributed by atoms with E-state index in [1.807, 2.05) is 18.2 Å². The summed E-state index contributed by atoms with van der Waals surface area (Å²) < 4.78 is 11.1. The molecule has 9 heteroatoms. The Morgan fingerprint density at radius 1 is 0.973 bits per heavy atom. The van der Waals surface area contributed by atoms with Crippen molar-refractivity contribution in [3.8, 4) is 17.3 Å². The van der Waals surface area contributed by atoms with Crippen LogP contribution >= 0.6 is 23.2 Å². The van der Waals surface area contributed by atoms with Crippen molar-refractivity contribution in [2.45, 2.75) is 63.5 Å². The molecule has 2 aliphatic heterocycles. The maximum Gasteiger partial charge on any atom is 0.289 e. The molecule has 3 aliphatic rings. The van der Waals surface area contributed by atoms with Crippen LogP contribution in [0.5, 0.6) is 0 Å². The van der Waals surface area contributed by atoms with Crippen LogP contribution in [0, 0.1) is 17.9 Å². The van der Waals surface area contributed by atoms with Gasteiger partial charge in [-0.25, -0.2) is 9.97 Å². The van der Waals surface area contributed by atoms with Crippen molar-refractivity contribution in [3.05, 3.63) is 39.3 Å². The molecule has 2 aromatic heterocycles. The van der Waals surface area contributed by atoms with Crippen LogP contribution < -0.4 is 10.6 Å². The Balaban J connectivity index is 1.18. The fourth-order valence-corrected chi connectivity index (χ4v) is 5.68. The van der Waals surface area contributed by atoms with Gasteiger partial charge in [0.15, 0.2) is 0 Å². The number of nitrogens with one attached hydrogen (secondary N) is 2. The molecule has 0 spiro atoms. The van der Waals surface area contributed by atoms with Crippen molar-refractivity contribution in [1.82, 2.24) is 9.97 Å². The number of hydrogen-bond donors (Lipinski definition) is 2. The van der Waals surface area contributed by atoms with Crippen LogP contribution in [0.3, 0.4) is 0 Å². The third-order valence-electron chi connectivity index (χ3n) is 7.54. The van der Waals surface area contributed by atoms with E-state index in [1.165, 1.54) is 0 Å². The third-order valence-corrected chi connectivity index (χ3v) is 8.15. The molecule has 1 saturated carbocycles. The van der Waals surface area contributed by atoms with Gasteiger partial charge in [0, 0.05) is 44.2 Å². The fourth-order valence-electron chi connectivity index (χ4n) is 5.28. The first-order valence-corrected chi connectivity index (χ1v) is 14.3. The van der Waals surface area contributed by atoms with E-state index in [4.69, 9.17) is 37.7 Å². The number of aromatic nitrogens is 2. The average Bonchev–Trinajstić information content (AvgIpc) is 3.45. The standard InChI is InChI=1S/C28H36Cl2N5O2/c29-24-7-8-26(32-16-20-9-12-36-13-10-20)35-28(24)23-14-27(33-18-25(23)30)34-21-5-3-19(4-6-21)15-31-17-22-2-1-11-37-22/h7-8,14,18-22H,1-6,9-13,16-17H2,(H,32,35)(H,33,34)/q+1. The van der Waals surface area contributed by atoms with Crippen LogP contribution in [0.15, 0.2) is 24.4 Å². The molecule has 1 aliphatic carbocycles. The summed E-state index contributed by atoms with van der Waals surface area (Å²) in [6.07, 6.45) is 10.6. The quantitative estimate of drug-likeness (QED) is 0.400. The van der Waals surface area contributed by atoms with Gasteiger partial charge < -0.3 is 20.1 Å². The molecule has 5 rings (SSSR count). The first kappa shape index (κ1) is 26.5. The maximum atomic E-state index is 6.56. The Kier molecular flexibility index (Phi) is 9.38. The van der Waals surface area contributed by atoms with E-state index < -0.39 is 0 Å². The highest BCUT2D eigenvalue weighted by atomic mass is 35.5. The Labute approximate surface area is 229 Å². The molecule has 0 aromatic carbocycles. The molecule has 3 fully saturated rings. The number of ether oxygens (including phenoxy) is 2. The molecule has 0 radical (unpaired) electrons. The van der Waals surface area contributed by atoms with Crippen molar-refractivity contribution >= 4 is 34.8 Å². The first-order valence-electron chi connectivity index (χ1n) is 13.6. The van der Waals surface area contributed by atoms with Gasteiger partial charge in [0.1, 0.15) is 17.7 Å². The highest BCUT2D eigenvalue weighted by Crippen LogP contribution is 2.35. The van der Waals surface area contributed by atoms with Gasteiger partial charge in [-0.3, -0.25) is 0 Å². The SMILES string of the molecule is Clc1cnc(NC2CCC(C#[N+]CC3CCCO3)CC2)cc1-c1nc(NCC2CCOCC2)ccc1Cl. The first-order chi connectivity index (χ1) is 18.1. The predicted molar refractivity (Wildman–Crippen MR) is 150 cm³/mol. The zero-order valence-electron chi connectivity index (χ0n) is 21.2. The number of anilines is 2. The summed E-state index contributed by atoms with van der Waals surface area (Å²) in [6, 6.07) is 9.47. The Morgan fingerprint density at radius 3 is 2.59 bits per heavy atom. The second kappa shape index (κ2) is 13.1. The Hall–Kier alpha value is -2.11. The van der Waals surface area contributed by atoms with E-state index in [-0.39, 0.29) is 0 Å². The van der Waals surface area contributed by atoms with Gasteiger partial charge in [-0.1, -0.05) is 28.0 Å². The number of hydrogen-bond acceptors (Lipinski definition) is 6. The monoisotopic (exact) mass is 544 g/mol. The summed E-state index contributed by atoms with van der Waals surface area (Å²) in [4.78, 5) is 13.9. The van der Waals surface area contributed by atoms with Crippen molar-refractivity contribution in [1.29, 1.82) is 0 Å². The highest BCUT2D eigenvalue weighted by Gasteiger charge is 2.25. The number of pyridine rings is 2. The van der Waals surface area contributed by atoms with E-state index in [0.29, 0.717) is 39.7 Å². The Bertz CT molecular complexity index is 1100. The summed E-state index contributed by atoms with van der Waals surface area (Å²) in [7, 11) is 0. The summed E-state index contributed by atoms with van der Waals surface area (Å²) >= 11 is 13.1. The summed E-state index contributed by atoms with van der Waals surface area (Å²) in [5.41, 5.74) is 1.44. The summed E-state index contributed by atoms with van der Waals surface area (Å²) in [5, 5.41) is 8.15. The van der Waals surface area contributed by atoms with Gasteiger partial charge in [0.05, 0.1) is 21.7 Å². The van der Waals surface area contributed by atoms with Crippen LogP contribution in [-0.2, 0) is 9.47 Å². The maximum absolute atomic E-state index is 6.56. The van der Waals surface area contributed by atoms with Gasteiger partial charge in [-0.2, -0.15) is 0 Å². The molecule has 2 N–H and O–H groups in total. The zero-order valence-corrected chi connectivity index (χ0v) is 22.7. The number of rotatable bonds is 7. The highest BCUT2D eigenvalue weighted by molar-refractivity contribution is 6.36. The van der Waals surface area contributed by atoms with Gasteiger partial charge in [0.2, 0.25) is 0 Å². The van der Waals surface area contributed by atoms with Crippen LogP contribution in [-0.4, -0.2) is 55.0 Å². The van der Waals surface area contributed by atoms with Gasteiger partial charge in [0.25, 0.3) is 12.6 Å². The lowest BCUT2D eigenvalue weighted by Gasteiger charge is -2.25. The molecular formula is C28H36Cl2N5O2+. The van der Waals surface area contributed by atoms with Gasteiger partial charge >= 0.3 is 0 Å². The van der Waals surface area contributed by atoms with E-state index >= 15 is 0 Å². The van der Waals surface area contributed by atoms with E-state index in [1.54, 1.807) is 6.20 Å².